The van der Waals surface area contributed by atoms with Crippen LogP contribution in [-0.2, 0) is 4.84 Å². The number of rotatable bonds is 1. The third kappa shape index (κ3) is 3.08. The van der Waals surface area contributed by atoms with Crippen molar-refractivity contribution in [1.82, 2.24) is 0 Å². The average molecular weight is 306 g/mol. The second-order valence-electron chi connectivity index (χ2n) is 3.09. The zero-order chi connectivity index (χ0) is 10.4. The van der Waals surface area contributed by atoms with Crippen LogP contribution < -0.4 is 0 Å². The molecule has 2 aliphatic heterocycles. The molecule has 2 aliphatic rings. The zero-order valence-electron chi connectivity index (χ0n) is 8.48. The van der Waals surface area contributed by atoms with Gasteiger partial charge in [-0.1, -0.05) is 37.9 Å². The summed E-state index contributed by atoms with van der Waals surface area (Å²) < 4.78 is 0.126. The predicted molar refractivity (Wildman–Crippen MR) is 68.0 cm³/mol. The van der Waals surface area contributed by atoms with Gasteiger partial charge >= 0.3 is 0 Å². The van der Waals surface area contributed by atoms with Gasteiger partial charge in [-0.25, -0.2) is 4.99 Å². The zero-order valence-corrected chi connectivity index (χ0v) is 10.6. The molecule has 0 saturated heterocycles. The second-order valence-corrected chi connectivity index (χ2v) is 4.32. The van der Waals surface area contributed by atoms with Crippen LogP contribution in [0.3, 0.4) is 0 Å². The molecule has 3 nitrogen and oxygen atoms in total. The lowest BCUT2D eigenvalue weighted by Crippen LogP contribution is -2.16. The molecule has 0 aromatic heterocycles. The summed E-state index contributed by atoms with van der Waals surface area (Å²) >= 11 is 2.20. The van der Waals surface area contributed by atoms with Gasteiger partial charge in [0.25, 0.3) is 0 Å². The summed E-state index contributed by atoms with van der Waals surface area (Å²) in [5.41, 5.74) is 0. The van der Waals surface area contributed by atoms with Gasteiger partial charge in [0.05, 0.1) is 5.92 Å². The van der Waals surface area contributed by atoms with Crippen LogP contribution in [0.2, 0.25) is 0 Å². The summed E-state index contributed by atoms with van der Waals surface area (Å²) in [7, 11) is 0. The minimum absolute atomic E-state index is 0.126. The fraction of sp³-hybridized carbons (Fsp3) is 0.600. The lowest BCUT2D eigenvalue weighted by atomic mass is 10.1. The van der Waals surface area contributed by atoms with Crippen molar-refractivity contribution in [1.29, 1.82) is 0 Å². The Labute approximate surface area is 98.4 Å². The molecule has 0 bridgehead atoms. The topological polar surface area (TPSA) is 34.0 Å². The van der Waals surface area contributed by atoms with Crippen LogP contribution in [0.1, 0.15) is 26.7 Å². The van der Waals surface area contributed by atoms with E-state index in [0.717, 1.165) is 5.84 Å². The number of unbranched alkanes of at least 4 members (excludes halogenated alkanes) is 1. The Morgan fingerprint density at radius 1 is 1.43 bits per heavy atom. The van der Waals surface area contributed by atoms with Gasteiger partial charge in [0, 0.05) is 6.21 Å². The van der Waals surface area contributed by atoms with Crippen molar-refractivity contribution in [2.45, 2.75) is 30.8 Å². The summed E-state index contributed by atoms with van der Waals surface area (Å²) in [5, 5.41) is 3.80. The fourth-order valence-corrected chi connectivity index (χ4v) is 1.59. The number of fused-ring (bicyclic) bond motifs is 1. The number of hydrogen-bond acceptors (Lipinski definition) is 3. The van der Waals surface area contributed by atoms with E-state index in [1.165, 1.54) is 12.8 Å². The molecule has 0 N–H and O–H groups in total. The van der Waals surface area contributed by atoms with Crippen molar-refractivity contribution in [3.8, 4) is 0 Å². The van der Waals surface area contributed by atoms with Crippen LogP contribution in [0.4, 0.5) is 0 Å². The van der Waals surface area contributed by atoms with Gasteiger partial charge in [-0.15, -0.1) is 0 Å². The number of halogens is 1. The Kier molecular flexibility index (Phi) is 5.14. The second kappa shape index (κ2) is 6.16. The first kappa shape index (κ1) is 11.7. The molecule has 2 unspecified atom stereocenters. The molecule has 0 fully saturated rings. The molecule has 0 saturated carbocycles. The van der Waals surface area contributed by atoms with Crippen LogP contribution in [0.15, 0.2) is 22.3 Å². The molecule has 0 aromatic rings. The van der Waals surface area contributed by atoms with E-state index in [1.54, 1.807) is 6.21 Å². The SMILES string of the molecule is CCCC.IC1ON=C2N=CC=CC21. The Morgan fingerprint density at radius 2 is 2.14 bits per heavy atom. The van der Waals surface area contributed by atoms with Gasteiger partial charge in [0.2, 0.25) is 0 Å². The highest BCUT2D eigenvalue weighted by molar-refractivity contribution is 14.1. The Hall–Kier alpha value is -0.390. The normalized spacial score (nSPS) is 27.2. The van der Waals surface area contributed by atoms with Crippen LogP contribution >= 0.6 is 22.6 Å². The van der Waals surface area contributed by atoms with E-state index in [2.05, 4.69) is 52.7 Å². The highest BCUT2D eigenvalue weighted by atomic mass is 127. The van der Waals surface area contributed by atoms with Crippen LogP contribution in [0.25, 0.3) is 0 Å². The Morgan fingerprint density at radius 3 is 2.71 bits per heavy atom. The molecule has 14 heavy (non-hydrogen) atoms. The summed E-state index contributed by atoms with van der Waals surface area (Å²) in [6.45, 7) is 4.36. The van der Waals surface area contributed by atoms with Gasteiger partial charge in [0.15, 0.2) is 9.95 Å². The molecule has 0 aliphatic carbocycles. The number of oxime groups is 1. The van der Waals surface area contributed by atoms with E-state index in [-0.39, 0.29) is 10.0 Å². The van der Waals surface area contributed by atoms with E-state index < -0.39 is 0 Å². The number of aliphatic imine (C=N–C) groups is 1. The van der Waals surface area contributed by atoms with Crippen LogP contribution in [0, 0.1) is 5.92 Å². The number of allylic oxidation sites excluding steroid dienone is 1. The first-order valence-electron chi connectivity index (χ1n) is 4.88. The van der Waals surface area contributed by atoms with E-state index >= 15 is 0 Å². The van der Waals surface area contributed by atoms with Crippen molar-refractivity contribution in [2.75, 3.05) is 0 Å². The first-order chi connectivity index (χ1) is 6.79. The van der Waals surface area contributed by atoms with E-state index in [9.17, 15) is 0 Å². The third-order valence-corrected chi connectivity index (χ3v) is 2.94. The highest BCUT2D eigenvalue weighted by Crippen LogP contribution is 2.26. The van der Waals surface area contributed by atoms with Gasteiger partial charge in [-0.2, -0.15) is 0 Å². The molecule has 0 aromatic carbocycles. The number of nitrogens with zero attached hydrogens (tertiary/aromatic N) is 2. The molecular formula is C10H15IN2O. The number of amidine groups is 1. The van der Waals surface area contributed by atoms with Gasteiger partial charge in [-0.3, -0.25) is 0 Å². The minimum Gasteiger partial charge on any atom is -0.379 e. The maximum Gasteiger partial charge on any atom is 0.191 e. The smallest absolute Gasteiger partial charge is 0.191 e. The summed E-state index contributed by atoms with van der Waals surface area (Å²) in [6.07, 6.45) is 8.34. The molecule has 2 atom stereocenters. The summed E-state index contributed by atoms with van der Waals surface area (Å²) in [5.74, 6) is 1.06. The maximum atomic E-state index is 5.01. The largest absolute Gasteiger partial charge is 0.379 e. The predicted octanol–water partition coefficient (Wildman–Crippen LogP) is 3.15. The van der Waals surface area contributed by atoms with E-state index in [4.69, 9.17) is 4.84 Å². The lowest BCUT2D eigenvalue weighted by Gasteiger charge is -2.07. The van der Waals surface area contributed by atoms with Crippen molar-refractivity contribution >= 4 is 34.6 Å². The molecule has 2 rings (SSSR count). The van der Waals surface area contributed by atoms with Crippen molar-refractivity contribution in [3.05, 3.63) is 12.2 Å². The number of dihydropyridines is 1. The summed E-state index contributed by atoms with van der Waals surface area (Å²) in [6, 6.07) is 0. The summed E-state index contributed by atoms with van der Waals surface area (Å²) in [4.78, 5) is 9.06. The van der Waals surface area contributed by atoms with Gasteiger partial charge in [-0.05, 0) is 28.7 Å². The first-order valence-corrected chi connectivity index (χ1v) is 6.12. The average Bonchev–Trinajstić information content (AvgIpc) is 2.62. The number of alkyl halides is 1. The highest BCUT2D eigenvalue weighted by Gasteiger charge is 2.30. The molecule has 0 amide bonds. The minimum atomic E-state index is 0.126. The molecule has 0 radical (unpaired) electrons. The quantitative estimate of drug-likeness (QED) is 0.541. The number of hydrogen-bond donors (Lipinski definition) is 0. The molecule has 4 heteroatoms. The lowest BCUT2D eigenvalue weighted by molar-refractivity contribution is 0.148. The van der Waals surface area contributed by atoms with Crippen molar-refractivity contribution < 1.29 is 4.84 Å². The Bertz CT molecular complexity index is 259. The molecule has 0 spiro atoms. The van der Waals surface area contributed by atoms with Crippen LogP contribution in [0.5, 0.6) is 0 Å². The van der Waals surface area contributed by atoms with Crippen molar-refractivity contribution in [3.63, 3.8) is 0 Å². The fourth-order valence-electron chi connectivity index (χ4n) is 0.920. The van der Waals surface area contributed by atoms with Gasteiger partial charge < -0.3 is 4.84 Å². The third-order valence-electron chi connectivity index (χ3n) is 1.94. The van der Waals surface area contributed by atoms with Gasteiger partial charge in [0.1, 0.15) is 0 Å². The Balaban J connectivity index is 0.000000213. The van der Waals surface area contributed by atoms with E-state index in [0.29, 0.717) is 0 Å². The molecular weight excluding hydrogens is 291 g/mol. The standard InChI is InChI=1S/C6H5IN2O.C4H10/c7-5-4-2-1-3-8-6(4)9-10-5;1-3-4-2/h1-5H;3-4H2,1-2H3. The molecule has 78 valence electrons. The van der Waals surface area contributed by atoms with Crippen LogP contribution in [-0.4, -0.2) is 16.2 Å². The maximum absolute atomic E-state index is 5.01. The monoisotopic (exact) mass is 306 g/mol. The molecule has 2 heterocycles. The van der Waals surface area contributed by atoms with E-state index in [1.807, 2.05) is 6.08 Å². The van der Waals surface area contributed by atoms with Crippen molar-refractivity contribution in [2.24, 2.45) is 16.1 Å².